The van der Waals surface area contributed by atoms with Crippen LogP contribution in [0, 0.1) is 11.7 Å². The Labute approximate surface area is 245 Å². The number of nitrogens with two attached hydrogens (primary N) is 1. The van der Waals surface area contributed by atoms with Gasteiger partial charge in [-0.3, -0.25) is 14.9 Å². The number of aromatic amines is 2. The Morgan fingerprint density at radius 3 is 2.63 bits per heavy atom. The van der Waals surface area contributed by atoms with Crippen molar-refractivity contribution in [2.24, 2.45) is 11.7 Å². The van der Waals surface area contributed by atoms with Crippen LogP contribution in [-0.2, 0) is 14.6 Å². The molecule has 13 heteroatoms. The number of amides is 1. The van der Waals surface area contributed by atoms with Gasteiger partial charge in [0.2, 0.25) is 5.91 Å². The summed E-state index contributed by atoms with van der Waals surface area (Å²) >= 11 is 0. The molecule has 0 bridgehead atoms. The van der Waals surface area contributed by atoms with E-state index in [0.717, 1.165) is 12.3 Å². The van der Waals surface area contributed by atoms with Crippen molar-refractivity contribution < 1.29 is 17.6 Å². The monoisotopic (exact) mass is 598 g/mol. The maximum absolute atomic E-state index is 14.6. The Hall–Kier alpha value is -5.01. The number of nitrogens with one attached hydrogen (secondary N) is 3. The second-order valence-corrected chi connectivity index (χ2v) is 12.8. The molecule has 0 aliphatic rings. The quantitative estimate of drug-likeness (QED) is 0.199. The van der Waals surface area contributed by atoms with E-state index in [0.29, 0.717) is 61.5 Å². The molecule has 6 aromatic rings. The van der Waals surface area contributed by atoms with Gasteiger partial charge in [-0.25, -0.2) is 22.8 Å². The minimum absolute atomic E-state index is 0.112. The minimum Gasteiger partial charge on any atom is -0.338 e. The number of benzene rings is 1. The van der Waals surface area contributed by atoms with E-state index in [4.69, 9.17) is 10.7 Å². The number of H-pyrrole nitrogens is 2. The Kier molecular flexibility index (Phi) is 6.98. The molecule has 1 aromatic carbocycles. The number of hydrogen-bond acceptors (Lipinski definition) is 8. The zero-order valence-electron chi connectivity index (χ0n) is 23.4. The Morgan fingerprint density at radius 1 is 1.05 bits per heavy atom. The van der Waals surface area contributed by atoms with Crippen LogP contribution in [0.4, 0.5) is 10.1 Å². The van der Waals surface area contributed by atoms with Gasteiger partial charge < -0.3 is 16.0 Å². The maximum atomic E-state index is 14.6. The Morgan fingerprint density at radius 2 is 1.86 bits per heavy atom. The summed E-state index contributed by atoms with van der Waals surface area (Å²) in [5.74, 6) is -0.894. The smallest absolute Gasteiger partial charge is 0.226 e. The highest BCUT2D eigenvalue weighted by Gasteiger charge is 2.21. The van der Waals surface area contributed by atoms with Gasteiger partial charge in [0.05, 0.1) is 28.8 Å². The van der Waals surface area contributed by atoms with Crippen LogP contribution in [0.25, 0.3) is 55.8 Å². The molecule has 0 saturated carbocycles. The first kappa shape index (κ1) is 28.1. The van der Waals surface area contributed by atoms with Crippen LogP contribution < -0.4 is 11.1 Å². The topological polar surface area (TPSA) is 172 Å². The molecular weight excluding hydrogens is 571 g/mol. The van der Waals surface area contributed by atoms with Gasteiger partial charge in [0.15, 0.2) is 9.84 Å². The number of hydrogen-bond donors (Lipinski definition) is 4. The summed E-state index contributed by atoms with van der Waals surface area (Å²) in [5.41, 5.74) is 12.0. The summed E-state index contributed by atoms with van der Waals surface area (Å²) in [6.07, 6.45) is 5.84. The Balaban J connectivity index is 1.41. The van der Waals surface area contributed by atoms with E-state index in [1.807, 2.05) is 38.1 Å². The van der Waals surface area contributed by atoms with E-state index in [-0.39, 0.29) is 17.4 Å². The molecule has 0 fully saturated rings. The molecular formula is C30H27FN8O3S. The summed E-state index contributed by atoms with van der Waals surface area (Å²) in [7, 11) is -3.64. The standard InChI is InChI=1S/C30H27FN8O3S/c1-15(2)30(40)35-20-11-18(13-33-14-20)23-4-5-24-26(36-23)27(39-38-24)25-12-22-21(6-7-34-29(22)37-25)16-8-17(10-19(31)9-16)28(32)43(3,41)42/h4-15,28H,32H2,1-3H3,(H,34,37)(H,35,40)(H,38,39). The molecule has 218 valence electrons. The highest BCUT2D eigenvalue weighted by molar-refractivity contribution is 7.90. The van der Waals surface area contributed by atoms with Crippen molar-refractivity contribution >= 4 is 43.5 Å². The van der Waals surface area contributed by atoms with E-state index in [1.165, 1.54) is 6.07 Å². The lowest BCUT2D eigenvalue weighted by molar-refractivity contribution is -0.118. The molecule has 0 radical (unpaired) electrons. The third kappa shape index (κ3) is 5.47. The second kappa shape index (κ2) is 10.7. The zero-order valence-corrected chi connectivity index (χ0v) is 24.2. The van der Waals surface area contributed by atoms with E-state index in [9.17, 15) is 17.6 Å². The van der Waals surface area contributed by atoms with Crippen LogP contribution in [0.3, 0.4) is 0 Å². The van der Waals surface area contributed by atoms with Gasteiger partial charge in [0, 0.05) is 35.5 Å². The van der Waals surface area contributed by atoms with Crippen molar-refractivity contribution in [2.45, 2.75) is 19.2 Å². The van der Waals surface area contributed by atoms with Crippen LogP contribution in [0.1, 0.15) is 24.8 Å². The van der Waals surface area contributed by atoms with Gasteiger partial charge in [-0.15, -0.1) is 0 Å². The first-order valence-corrected chi connectivity index (χ1v) is 15.3. The number of rotatable bonds is 7. The molecule has 0 spiro atoms. The summed E-state index contributed by atoms with van der Waals surface area (Å²) in [6.45, 7) is 3.63. The van der Waals surface area contributed by atoms with Crippen molar-refractivity contribution in [1.82, 2.24) is 30.1 Å². The van der Waals surface area contributed by atoms with Crippen molar-refractivity contribution in [3.63, 3.8) is 0 Å². The molecule has 5 N–H and O–H groups in total. The summed E-state index contributed by atoms with van der Waals surface area (Å²) < 4.78 is 38.7. The number of halogens is 1. The average molecular weight is 599 g/mol. The number of pyridine rings is 3. The van der Waals surface area contributed by atoms with Gasteiger partial charge in [-0.1, -0.05) is 13.8 Å². The fourth-order valence-corrected chi connectivity index (χ4v) is 5.40. The fraction of sp³-hybridized carbons (Fsp3) is 0.167. The minimum atomic E-state index is -3.64. The fourth-order valence-electron chi connectivity index (χ4n) is 4.77. The molecule has 43 heavy (non-hydrogen) atoms. The van der Waals surface area contributed by atoms with E-state index in [1.54, 1.807) is 30.7 Å². The average Bonchev–Trinajstić information content (AvgIpc) is 3.59. The lowest BCUT2D eigenvalue weighted by Crippen LogP contribution is -2.20. The number of carbonyl (C=O) groups excluding carboxylic acids is 1. The third-order valence-corrected chi connectivity index (χ3v) is 8.24. The van der Waals surface area contributed by atoms with Crippen molar-refractivity contribution in [2.75, 3.05) is 11.6 Å². The molecule has 0 aliphatic heterocycles. The highest BCUT2D eigenvalue weighted by Crippen LogP contribution is 2.35. The molecule has 1 unspecified atom stereocenters. The summed E-state index contributed by atoms with van der Waals surface area (Å²) in [6, 6.07) is 13.1. The molecule has 0 aliphatic carbocycles. The zero-order chi connectivity index (χ0) is 30.5. The van der Waals surface area contributed by atoms with Crippen molar-refractivity contribution in [3.8, 4) is 33.8 Å². The number of sulfone groups is 1. The number of aromatic nitrogens is 6. The number of nitrogens with zero attached hydrogens (tertiary/aromatic N) is 4. The van der Waals surface area contributed by atoms with Crippen molar-refractivity contribution in [3.05, 3.63) is 78.5 Å². The highest BCUT2D eigenvalue weighted by atomic mass is 32.2. The first-order chi connectivity index (χ1) is 20.5. The first-order valence-electron chi connectivity index (χ1n) is 13.3. The maximum Gasteiger partial charge on any atom is 0.226 e. The molecule has 0 saturated heterocycles. The number of fused-ring (bicyclic) bond motifs is 2. The van der Waals surface area contributed by atoms with Crippen LogP contribution in [0.2, 0.25) is 0 Å². The molecule has 5 aromatic heterocycles. The molecule has 6 rings (SSSR count). The second-order valence-electron chi connectivity index (χ2n) is 10.6. The molecule has 5 heterocycles. The normalized spacial score (nSPS) is 12.7. The molecule has 1 atom stereocenters. The van der Waals surface area contributed by atoms with Gasteiger partial charge in [0.25, 0.3) is 0 Å². The van der Waals surface area contributed by atoms with E-state index >= 15 is 0 Å². The Bertz CT molecular complexity index is 2140. The number of carbonyl (C=O) groups is 1. The van der Waals surface area contributed by atoms with Gasteiger partial charge in [-0.2, -0.15) is 5.10 Å². The lowest BCUT2D eigenvalue weighted by Gasteiger charge is -2.12. The predicted octanol–water partition coefficient (Wildman–Crippen LogP) is 4.97. The van der Waals surface area contributed by atoms with E-state index in [2.05, 4.69) is 30.5 Å². The third-order valence-electron chi connectivity index (χ3n) is 7.04. The SMILES string of the molecule is CC(C)C(=O)Nc1cncc(-c2ccc3[nH]nc(-c4cc5c(-c6cc(F)cc(C(N)S(C)(=O)=O)c6)ccnc5[nH]4)c3n2)c1. The van der Waals surface area contributed by atoms with Crippen LogP contribution >= 0.6 is 0 Å². The number of anilines is 1. The van der Waals surface area contributed by atoms with Crippen molar-refractivity contribution in [1.29, 1.82) is 0 Å². The van der Waals surface area contributed by atoms with Crippen LogP contribution in [0.15, 0.2) is 67.1 Å². The predicted molar refractivity (Wildman–Crippen MR) is 163 cm³/mol. The van der Waals surface area contributed by atoms with Crippen LogP contribution in [-0.4, -0.2) is 50.7 Å². The summed E-state index contributed by atoms with van der Waals surface area (Å²) in [5, 5.41) is 9.66. The molecule has 1 amide bonds. The van der Waals surface area contributed by atoms with Crippen LogP contribution in [0.5, 0.6) is 0 Å². The lowest BCUT2D eigenvalue weighted by atomic mass is 10.0. The largest absolute Gasteiger partial charge is 0.338 e. The van der Waals surface area contributed by atoms with E-state index < -0.39 is 21.0 Å². The summed E-state index contributed by atoms with van der Waals surface area (Å²) in [4.78, 5) is 29.0. The van der Waals surface area contributed by atoms with Gasteiger partial charge in [0.1, 0.15) is 28.0 Å². The van der Waals surface area contributed by atoms with Gasteiger partial charge >= 0.3 is 0 Å². The van der Waals surface area contributed by atoms with Gasteiger partial charge in [-0.05, 0) is 65.2 Å². The molecule has 11 nitrogen and oxygen atoms in total.